The number of nitrogens with one attached hydrogen (secondary N) is 1. The van der Waals surface area contributed by atoms with Crippen LogP contribution in [0.15, 0.2) is 6.20 Å². The van der Waals surface area contributed by atoms with Crippen molar-refractivity contribution in [3.8, 4) is 0 Å². The van der Waals surface area contributed by atoms with E-state index in [0.29, 0.717) is 11.6 Å². The van der Waals surface area contributed by atoms with E-state index in [9.17, 15) is 4.79 Å². The van der Waals surface area contributed by atoms with E-state index in [0.717, 1.165) is 37.6 Å². The number of piperazine rings is 1. The molecule has 1 fully saturated rings. The summed E-state index contributed by atoms with van der Waals surface area (Å²) in [4.78, 5) is 22.2. The number of aromatic nitrogens is 1. The van der Waals surface area contributed by atoms with Gasteiger partial charge in [0.2, 0.25) is 0 Å². The lowest BCUT2D eigenvalue weighted by atomic mass is 9.96. The van der Waals surface area contributed by atoms with E-state index in [1.807, 2.05) is 6.20 Å². The van der Waals surface area contributed by atoms with Gasteiger partial charge < -0.3 is 10.2 Å². The van der Waals surface area contributed by atoms with Gasteiger partial charge in [0.1, 0.15) is 0 Å². The first kappa shape index (κ1) is 16.4. The van der Waals surface area contributed by atoms with Gasteiger partial charge in [-0.15, -0.1) is 11.3 Å². The molecule has 5 nitrogen and oxygen atoms in total. The van der Waals surface area contributed by atoms with Gasteiger partial charge in [0.15, 0.2) is 5.01 Å². The van der Waals surface area contributed by atoms with Crippen LogP contribution in [0.4, 0.5) is 0 Å². The molecule has 0 saturated carbocycles. The van der Waals surface area contributed by atoms with Crippen LogP contribution >= 0.6 is 11.3 Å². The van der Waals surface area contributed by atoms with Crippen LogP contribution in [0, 0.1) is 0 Å². The zero-order valence-electron chi connectivity index (χ0n) is 13.5. The van der Waals surface area contributed by atoms with Crippen LogP contribution < -0.4 is 5.32 Å². The van der Waals surface area contributed by atoms with Crippen molar-refractivity contribution in [2.45, 2.75) is 26.2 Å². The minimum atomic E-state index is -0.0513. The highest BCUT2D eigenvalue weighted by Gasteiger charge is 2.20. The summed E-state index contributed by atoms with van der Waals surface area (Å²) in [5, 5.41) is 3.54. The molecule has 118 valence electrons. The summed E-state index contributed by atoms with van der Waals surface area (Å²) in [6.07, 6.45) is 1.82. The van der Waals surface area contributed by atoms with Gasteiger partial charge >= 0.3 is 0 Å². The Bertz CT molecular complexity index is 472. The molecule has 0 radical (unpaired) electrons. The Morgan fingerprint density at radius 1 is 1.33 bits per heavy atom. The Morgan fingerprint density at radius 2 is 2.00 bits per heavy atom. The SMILES string of the molecule is CN1CCN(CCNC(=O)c2ncc(C(C)(C)C)s2)CC1. The average molecular weight is 310 g/mol. The fourth-order valence-corrected chi connectivity index (χ4v) is 3.09. The molecule has 0 spiro atoms. The van der Waals surface area contributed by atoms with Crippen LogP contribution in [0.2, 0.25) is 0 Å². The fraction of sp³-hybridized carbons (Fsp3) is 0.733. The third-order valence-corrected chi connectivity index (χ3v) is 5.17. The Hall–Kier alpha value is -0.980. The summed E-state index contributed by atoms with van der Waals surface area (Å²) < 4.78 is 0. The molecule has 2 heterocycles. The molecule has 0 aliphatic carbocycles. The summed E-state index contributed by atoms with van der Waals surface area (Å²) in [6, 6.07) is 0. The third kappa shape index (κ3) is 4.76. The van der Waals surface area contributed by atoms with Gasteiger partial charge in [-0.1, -0.05) is 20.8 Å². The fourth-order valence-electron chi connectivity index (χ4n) is 2.20. The molecule has 0 unspecified atom stereocenters. The lowest BCUT2D eigenvalue weighted by Gasteiger charge is -2.32. The molecule has 0 bridgehead atoms. The standard InChI is InChI=1S/C15H26N4OS/c1-15(2,3)12-11-17-14(21-12)13(20)16-5-6-19-9-7-18(4)8-10-19/h11H,5-10H2,1-4H3,(H,16,20). The van der Waals surface area contributed by atoms with Crippen LogP contribution in [-0.2, 0) is 5.41 Å². The smallest absolute Gasteiger partial charge is 0.280 e. The molecular weight excluding hydrogens is 284 g/mol. The molecule has 1 N–H and O–H groups in total. The van der Waals surface area contributed by atoms with Crippen LogP contribution in [-0.4, -0.2) is 67.0 Å². The van der Waals surface area contributed by atoms with Crippen molar-refractivity contribution in [1.82, 2.24) is 20.1 Å². The number of carbonyl (C=O) groups is 1. The minimum absolute atomic E-state index is 0.0513. The highest BCUT2D eigenvalue weighted by molar-refractivity contribution is 7.13. The van der Waals surface area contributed by atoms with E-state index in [-0.39, 0.29) is 11.3 Å². The van der Waals surface area contributed by atoms with Gasteiger partial charge in [-0.25, -0.2) is 4.98 Å². The maximum absolute atomic E-state index is 12.1. The second kappa shape index (κ2) is 6.85. The zero-order valence-corrected chi connectivity index (χ0v) is 14.3. The molecule has 1 aliphatic rings. The first-order valence-electron chi connectivity index (χ1n) is 7.51. The van der Waals surface area contributed by atoms with E-state index in [4.69, 9.17) is 0 Å². The summed E-state index contributed by atoms with van der Waals surface area (Å²) in [5.41, 5.74) is 0.0516. The van der Waals surface area contributed by atoms with Gasteiger partial charge in [-0.2, -0.15) is 0 Å². The van der Waals surface area contributed by atoms with Gasteiger partial charge in [0.25, 0.3) is 5.91 Å². The van der Waals surface area contributed by atoms with E-state index >= 15 is 0 Å². The quantitative estimate of drug-likeness (QED) is 0.914. The number of nitrogens with zero attached hydrogens (tertiary/aromatic N) is 3. The molecule has 1 saturated heterocycles. The number of rotatable bonds is 4. The van der Waals surface area contributed by atoms with Gasteiger partial charge in [0, 0.05) is 50.3 Å². The highest BCUT2D eigenvalue weighted by atomic mass is 32.1. The lowest BCUT2D eigenvalue weighted by molar-refractivity contribution is 0.0940. The molecule has 1 aliphatic heterocycles. The van der Waals surface area contributed by atoms with Gasteiger partial charge in [-0.05, 0) is 12.5 Å². The Kier molecular flexibility index (Phi) is 5.35. The number of carbonyl (C=O) groups excluding carboxylic acids is 1. The number of likely N-dealkylation sites (N-methyl/N-ethyl adjacent to an activating group) is 1. The van der Waals surface area contributed by atoms with Crippen molar-refractivity contribution in [3.63, 3.8) is 0 Å². The minimum Gasteiger partial charge on any atom is -0.349 e. The largest absolute Gasteiger partial charge is 0.349 e. The van der Waals surface area contributed by atoms with Crippen LogP contribution in [0.3, 0.4) is 0 Å². The number of hydrogen-bond acceptors (Lipinski definition) is 5. The first-order chi connectivity index (χ1) is 9.86. The Balaban J connectivity index is 1.76. The number of amides is 1. The maximum atomic E-state index is 12.1. The van der Waals surface area contributed by atoms with E-state index < -0.39 is 0 Å². The van der Waals surface area contributed by atoms with Gasteiger partial charge in [-0.3, -0.25) is 9.69 Å². The zero-order chi connectivity index (χ0) is 15.5. The number of thiazole rings is 1. The van der Waals surface area contributed by atoms with Crippen LogP contribution in [0.5, 0.6) is 0 Å². The van der Waals surface area contributed by atoms with Crippen molar-refractivity contribution in [2.75, 3.05) is 46.3 Å². The van der Waals surface area contributed by atoms with Crippen molar-refractivity contribution in [1.29, 1.82) is 0 Å². The Morgan fingerprint density at radius 3 is 2.57 bits per heavy atom. The van der Waals surface area contributed by atoms with E-state index in [1.165, 1.54) is 11.3 Å². The van der Waals surface area contributed by atoms with Gasteiger partial charge in [0.05, 0.1) is 0 Å². The predicted octanol–water partition coefficient (Wildman–Crippen LogP) is 1.42. The molecule has 0 aromatic carbocycles. The van der Waals surface area contributed by atoms with E-state index in [1.54, 1.807) is 0 Å². The maximum Gasteiger partial charge on any atom is 0.280 e. The summed E-state index contributed by atoms with van der Waals surface area (Å²) in [5.74, 6) is -0.0513. The second-order valence-corrected chi connectivity index (χ2v) is 7.71. The first-order valence-corrected chi connectivity index (χ1v) is 8.33. The lowest BCUT2D eigenvalue weighted by Crippen LogP contribution is -2.46. The van der Waals surface area contributed by atoms with Crippen molar-refractivity contribution in [2.24, 2.45) is 0 Å². The average Bonchev–Trinajstić information content (AvgIpc) is 2.90. The van der Waals surface area contributed by atoms with Crippen molar-refractivity contribution >= 4 is 17.2 Å². The summed E-state index contributed by atoms with van der Waals surface area (Å²) >= 11 is 1.49. The molecule has 1 aromatic rings. The third-order valence-electron chi connectivity index (χ3n) is 3.75. The van der Waals surface area contributed by atoms with Crippen LogP contribution in [0.1, 0.15) is 35.5 Å². The summed E-state index contributed by atoms with van der Waals surface area (Å²) in [6.45, 7) is 12.4. The highest BCUT2D eigenvalue weighted by Crippen LogP contribution is 2.27. The molecule has 2 rings (SSSR count). The monoisotopic (exact) mass is 310 g/mol. The van der Waals surface area contributed by atoms with Crippen molar-refractivity contribution in [3.05, 3.63) is 16.1 Å². The predicted molar refractivity (Wildman–Crippen MR) is 87.1 cm³/mol. The second-order valence-electron chi connectivity index (χ2n) is 6.68. The molecule has 0 atom stereocenters. The molecule has 21 heavy (non-hydrogen) atoms. The molecule has 1 amide bonds. The van der Waals surface area contributed by atoms with Crippen molar-refractivity contribution < 1.29 is 4.79 Å². The normalized spacial score (nSPS) is 17.9. The number of hydrogen-bond donors (Lipinski definition) is 1. The topological polar surface area (TPSA) is 48.5 Å². The molecule has 6 heteroatoms. The molecule has 1 aromatic heterocycles. The molecular formula is C15H26N4OS. The summed E-state index contributed by atoms with van der Waals surface area (Å²) in [7, 11) is 2.15. The van der Waals surface area contributed by atoms with Crippen LogP contribution in [0.25, 0.3) is 0 Å². The Labute approximate surface area is 131 Å². The van der Waals surface area contributed by atoms with E-state index in [2.05, 4.69) is 47.9 Å².